The second-order valence-corrected chi connectivity index (χ2v) is 9.60. The van der Waals surface area contributed by atoms with Gasteiger partial charge >= 0.3 is 5.97 Å². The summed E-state index contributed by atoms with van der Waals surface area (Å²) in [6.07, 6.45) is 0.192. The van der Waals surface area contributed by atoms with E-state index in [0.717, 1.165) is 15.4 Å². The maximum absolute atomic E-state index is 12.9. The topological polar surface area (TPSA) is 54.4 Å². The molecule has 1 N–H and O–H groups in total. The van der Waals surface area contributed by atoms with Crippen LogP contribution in [0.25, 0.3) is 0 Å². The van der Waals surface area contributed by atoms with Crippen molar-refractivity contribution in [2.24, 2.45) is 0 Å². The Morgan fingerprint density at radius 3 is 2.10 bits per heavy atom. The maximum Gasteiger partial charge on any atom is 0.313 e. The van der Waals surface area contributed by atoms with Crippen LogP contribution in [0.3, 0.4) is 0 Å². The van der Waals surface area contributed by atoms with Gasteiger partial charge in [-0.25, -0.2) is 0 Å². The number of Topliss-reactive ketones (excluding diaryl/α,β-unsaturated/α-hetero) is 1. The van der Waals surface area contributed by atoms with E-state index in [2.05, 4.69) is 0 Å². The van der Waals surface area contributed by atoms with Crippen LogP contribution >= 0.6 is 46.7 Å². The predicted octanol–water partition coefficient (Wildman–Crippen LogP) is 7.28. The van der Waals surface area contributed by atoms with Gasteiger partial charge < -0.3 is 5.11 Å². The Kier molecular flexibility index (Phi) is 8.28. The molecule has 0 aliphatic heterocycles. The van der Waals surface area contributed by atoms with Crippen molar-refractivity contribution >= 4 is 58.5 Å². The van der Waals surface area contributed by atoms with Crippen molar-refractivity contribution in [2.45, 2.75) is 21.5 Å². The molecule has 30 heavy (non-hydrogen) atoms. The van der Waals surface area contributed by atoms with Gasteiger partial charge in [0.1, 0.15) is 0 Å². The van der Waals surface area contributed by atoms with Gasteiger partial charge in [-0.2, -0.15) is 0 Å². The van der Waals surface area contributed by atoms with Crippen molar-refractivity contribution in [1.82, 2.24) is 0 Å². The van der Waals surface area contributed by atoms with Gasteiger partial charge in [-0.15, -0.1) is 11.8 Å². The van der Waals surface area contributed by atoms with E-state index < -0.39 is 5.97 Å². The van der Waals surface area contributed by atoms with Gasteiger partial charge in [0.15, 0.2) is 5.78 Å². The van der Waals surface area contributed by atoms with Gasteiger partial charge in [0.2, 0.25) is 0 Å². The SMILES string of the molecule is O=C(O)CS[C@H](CC(=O)c1ccc(Cl)cc1)c1ccccc1Sc1ccc(Cl)cc1. The van der Waals surface area contributed by atoms with Gasteiger partial charge in [-0.1, -0.05) is 53.2 Å². The Hall–Kier alpha value is -1.92. The smallest absolute Gasteiger partial charge is 0.313 e. The molecule has 0 fully saturated rings. The highest BCUT2D eigenvalue weighted by Crippen LogP contribution is 2.41. The number of ketones is 1. The normalized spacial score (nSPS) is 11.8. The van der Waals surface area contributed by atoms with Crippen LogP contribution in [0, 0.1) is 0 Å². The molecule has 1 atom stereocenters. The van der Waals surface area contributed by atoms with Crippen LogP contribution in [-0.2, 0) is 4.79 Å². The molecule has 0 aromatic heterocycles. The van der Waals surface area contributed by atoms with E-state index in [1.54, 1.807) is 36.0 Å². The first-order chi connectivity index (χ1) is 14.4. The molecule has 0 saturated heterocycles. The molecule has 0 unspecified atom stereocenters. The van der Waals surface area contributed by atoms with E-state index in [1.807, 2.05) is 48.5 Å². The van der Waals surface area contributed by atoms with Crippen LogP contribution in [0.5, 0.6) is 0 Å². The summed E-state index contributed by atoms with van der Waals surface area (Å²) >= 11 is 14.7. The van der Waals surface area contributed by atoms with Crippen LogP contribution < -0.4 is 0 Å². The van der Waals surface area contributed by atoms with Gasteiger partial charge in [-0.05, 0) is 60.2 Å². The van der Waals surface area contributed by atoms with Crippen LogP contribution in [0.4, 0.5) is 0 Å². The van der Waals surface area contributed by atoms with Gasteiger partial charge in [0, 0.05) is 37.1 Å². The molecule has 0 saturated carbocycles. The first-order valence-corrected chi connectivity index (χ1v) is 11.7. The Labute approximate surface area is 193 Å². The fraction of sp³-hybridized carbons (Fsp3) is 0.130. The first kappa shape index (κ1) is 22.8. The number of benzene rings is 3. The van der Waals surface area contributed by atoms with E-state index in [1.165, 1.54) is 11.8 Å². The molecular weight excluding hydrogens is 459 g/mol. The van der Waals surface area contributed by atoms with Gasteiger partial charge in [0.25, 0.3) is 0 Å². The maximum atomic E-state index is 12.9. The van der Waals surface area contributed by atoms with E-state index in [9.17, 15) is 14.7 Å². The summed E-state index contributed by atoms with van der Waals surface area (Å²) in [6, 6.07) is 22.0. The highest BCUT2D eigenvalue weighted by molar-refractivity contribution is 8.00. The largest absolute Gasteiger partial charge is 0.481 e. The van der Waals surface area contributed by atoms with E-state index >= 15 is 0 Å². The van der Waals surface area contributed by atoms with Crippen LogP contribution in [-0.4, -0.2) is 22.6 Å². The third-order valence-corrected chi connectivity index (χ3v) is 7.09. The van der Waals surface area contributed by atoms with Crippen LogP contribution in [0.15, 0.2) is 82.6 Å². The third-order valence-electron chi connectivity index (χ3n) is 4.25. The minimum absolute atomic E-state index is 0.0548. The highest BCUT2D eigenvalue weighted by atomic mass is 35.5. The molecule has 0 aliphatic rings. The van der Waals surface area contributed by atoms with E-state index in [-0.39, 0.29) is 23.2 Å². The highest BCUT2D eigenvalue weighted by Gasteiger charge is 2.22. The predicted molar refractivity (Wildman–Crippen MR) is 125 cm³/mol. The molecule has 3 aromatic carbocycles. The summed E-state index contributed by atoms with van der Waals surface area (Å²) < 4.78 is 0. The Morgan fingerprint density at radius 2 is 1.47 bits per heavy atom. The first-order valence-electron chi connectivity index (χ1n) is 9.07. The summed E-state index contributed by atoms with van der Waals surface area (Å²) in [4.78, 5) is 26.1. The Bertz CT molecular complexity index is 1020. The lowest BCUT2D eigenvalue weighted by molar-refractivity contribution is -0.133. The molecule has 7 heteroatoms. The van der Waals surface area contributed by atoms with Crippen LogP contribution in [0.2, 0.25) is 10.0 Å². The molecule has 0 amide bonds. The molecule has 0 radical (unpaired) electrons. The zero-order valence-corrected chi connectivity index (χ0v) is 18.9. The number of carbonyl (C=O) groups excluding carboxylic acids is 1. The lowest BCUT2D eigenvalue weighted by Gasteiger charge is -2.19. The summed E-state index contributed by atoms with van der Waals surface area (Å²) in [5, 5.41) is 10.1. The molecule has 3 aromatic rings. The molecule has 3 rings (SSSR count). The van der Waals surface area contributed by atoms with Crippen molar-refractivity contribution in [2.75, 3.05) is 5.75 Å². The number of halogens is 2. The van der Waals surface area contributed by atoms with Crippen molar-refractivity contribution in [1.29, 1.82) is 0 Å². The molecule has 0 spiro atoms. The van der Waals surface area contributed by atoms with E-state index in [4.69, 9.17) is 23.2 Å². The van der Waals surface area contributed by atoms with Gasteiger partial charge in [0.05, 0.1) is 5.75 Å². The van der Waals surface area contributed by atoms with Crippen molar-refractivity contribution in [3.8, 4) is 0 Å². The average Bonchev–Trinajstić information content (AvgIpc) is 2.73. The monoisotopic (exact) mass is 476 g/mol. The fourth-order valence-corrected chi connectivity index (χ4v) is 5.15. The molecule has 0 bridgehead atoms. The summed E-state index contributed by atoms with van der Waals surface area (Å²) in [5.74, 6) is -1.05. The third kappa shape index (κ3) is 6.54. The van der Waals surface area contributed by atoms with Crippen molar-refractivity contribution in [3.63, 3.8) is 0 Å². The minimum Gasteiger partial charge on any atom is -0.481 e. The zero-order valence-electron chi connectivity index (χ0n) is 15.8. The number of carboxylic acid groups (broad SMARTS) is 1. The number of aliphatic carboxylic acids is 1. The summed E-state index contributed by atoms with van der Waals surface area (Å²) in [7, 11) is 0. The Balaban J connectivity index is 1.87. The number of carbonyl (C=O) groups is 2. The van der Waals surface area contributed by atoms with Crippen molar-refractivity contribution in [3.05, 3.63) is 94.0 Å². The lowest BCUT2D eigenvalue weighted by Crippen LogP contribution is -2.09. The average molecular weight is 477 g/mol. The van der Waals surface area contributed by atoms with Gasteiger partial charge in [-0.3, -0.25) is 9.59 Å². The van der Waals surface area contributed by atoms with Crippen LogP contribution in [0.1, 0.15) is 27.6 Å². The van der Waals surface area contributed by atoms with E-state index in [0.29, 0.717) is 15.6 Å². The quantitative estimate of drug-likeness (QED) is 0.328. The molecular formula is C23H18Cl2O3S2. The number of hydrogen-bond donors (Lipinski definition) is 1. The second kappa shape index (κ2) is 10.9. The Morgan fingerprint density at radius 1 is 0.867 bits per heavy atom. The molecule has 0 aliphatic carbocycles. The molecule has 0 heterocycles. The lowest BCUT2D eigenvalue weighted by atomic mass is 10.0. The molecule has 154 valence electrons. The number of rotatable bonds is 9. The summed E-state index contributed by atoms with van der Waals surface area (Å²) in [5.41, 5.74) is 1.49. The second-order valence-electron chi connectivity index (χ2n) is 6.42. The molecule has 3 nitrogen and oxygen atoms in total. The summed E-state index contributed by atoms with van der Waals surface area (Å²) in [6.45, 7) is 0. The van der Waals surface area contributed by atoms with Crippen molar-refractivity contribution < 1.29 is 14.7 Å². The number of hydrogen-bond acceptors (Lipinski definition) is 4. The fourth-order valence-electron chi connectivity index (χ4n) is 2.82. The standard InChI is InChI=1S/C23H18Cl2O3S2/c24-16-7-5-15(6-8-16)20(26)13-22(29-14-23(27)28)19-3-1-2-4-21(19)30-18-11-9-17(25)10-12-18/h1-12,22H,13-14H2,(H,27,28)/t22-/m1/s1. The minimum atomic E-state index is -0.910. The zero-order chi connectivity index (χ0) is 21.5. The number of thioether (sulfide) groups is 1. The number of carboxylic acids is 1.